The number of amides is 2. The zero-order valence-corrected chi connectivity index (χ0v) is 11.3. The maximum absolute atomic E-state index is 11.9. The third kappa shape index (κ3) is 3.47. The number of hydrogen-bond acceptors (Lipinski definition) is 3. The standard InChI is InChI=1S/C11H11BrN2O2S/c12-7-2-1-3-8(4-7)13-11(16)9-5-17-6-10(15)14-9/h1-4,9H,5-6H2,(H,13,16)(H,14,15). The second kappa shape index (κ2) is 5.55. The summed E-state index contributed by atoms with van der Waals surface area (Å²) in [4.78, 5) is 23.0. The lowest BCUT2D eigenvalue weighted by Gasteiger charge is -2.22. The highest BCUT2D eigenvalue weighted by atomic mass is 79.9. The Balaban J connectivity index is 1.99. The van der Waals surface area contributed by atoms with Crippen LogP contribution in [-0.4, -0.2) is 29.4 Å². The summed E-state index contributed by atoms with van der Waals surface area (Å²) in [5.74, 6) is 0.783. The van der Waals surface area contributed by atoms with Gasteiger partial charge in [0.05, 0.1) is 5.75 Å². The molecule has 1 aliphatic rings. The Labute approximate surface area is 112 Å². The molecule has 90 valence electrons. The molecule has 0 aromatic heterocycles. The van der Waals surface area contributed by atoms with Crippen LogP contribution >= 0.6 is 27.7 Å². The Morgan fingerprint density at radius 2 is 2.35 bits per heavy atom. The van der Waals surface area contributed by atoms with Gasteiger partial charge < -0.3 is 10.6 Å². The molecule has 4 nitrogen and oxygen atoms in total. The van der Waals surface area contributed by atoms with Crippen LogP contribution in [0.2, 0.25) is 0 Å². The number of carbonyl (C=O) groups is 2. The van der Waals surface area contributed by atoms with Gasteiger partial charge in [-0.05, 0) is 18.2 Å². The lowest BCUT2D eigenvalue weighted by atomic mass is 10.2. The van der Waals surface area contributed by atoms with Gasteiger partial charge in [0.15, 0.2) is 0 Å². The van der Waals surface area contributed by atoms with E-state index in [1.807, 2.05) is 18.2 Å². The van der Waals surface area contributed by atoms with Gasteiger partial charge >= 0.3 is 0 Å². The molecular formula is C11H11BrN2O2S. The number of rotatable bonds is 2. The first-order valence-electron chi connectivity index (χ1n) is 5.09. The molecule has 1 unspecified atom stereocenters. The molecule has 2 amide bonds. The minimum absolute atomic E-state index is 0.0874. The minimum Gasteiger partial charge on any atom is -0.343 e. The summed E-state index contributed by atoms with van der Waals surface area (Å²) in [5, 5.41) is 5.44. The average Bonchev–Trinajstić information content (AvgIpc) is 2.29. The van der Waals surface area contributed by atoms with Crippen molar-refractivity contribution in [3.63, 3.8) is 0 Å². The zero-order valence-electron chi connectivity index (χ0n) is 8.90. The van der Waals surface area contributed by atoms with Crippen molar-refractivity contribution in [3.8, 4) is 0 Å². The maximum atomic E-state index is 11.9. The van der Waals surface area contributed by atoms with Gasteiger partial charge in [0.2, 0.25) is 11.8 Å². The fourth-order valence-electron chi connectivity index (χ4n) is 1.48. The average molecular weight is 315 g/mol. The number of benzene rings is 1. The number of anilines is 1. The molecule has 2 rings (SSSR count). The molecule has 0 bridgehead atoms. The first-order valence-corrected chi connectivity index (χ1v) is 7.03. The normalized spacial score (nSPS) is 19.6. The van der Waals surface area contributed by atoms with Crippen LogP contribution in [-0.2, 0) is 9.59 Å². The summed E-state index contributed by atoms with van der Waals surface area (Å²) in [6.45, 7) is 0. The van der Waals surface area contributed by atoms with Crippen molar-refractivity contribution in [1.82, 2.24) is 5.32 Å². The van der Waals surface area contributed by atoms with Gasteiger partial charge in [-0.2, -0.15) is 0 Å². The van der Waals surface area contributed by atoms with Gasteiger partial charge in [0, 0.05) is 15.9 Å². The quantitative estimate of drug-likeness (QED) is 0.872. The predicted octanol–water partition coefficient (Wildman–Crippen LogP) is 1.62. The van der Waals surface area contributed by atoms with E-state index in [0.29, 0.717) is 17.2 Å². The Hall–Kier alpha value is -1.01. The van der Waals surface area contributed by atoms with Crippen molar-refractivity contribution in [2.75, 3.05) is 16.8 Å². The summed E-state index contributed by atoms with van der Waals surface area (Å²) in [6.07, 6.45) is 0. The molecule has 1 fully saturated rings. The molecule has 6 heteroatoms. The van der Waals surface area contributed by atoms with E-state index >= 15 is 0 Å². The molecule has 0 radical (unpaired) electrons. The fourth-order valence-corrected chi connectivity index (χ4v) is 2.74. The van der Waals surface area contributed by atoms with E-state index in [4.69, 9.17) is 0 Å². The van der Waals surface area contributed by atoms with Crippen LogP contribution < -0.4 is 10.6 Å². The van der Waals surface area contributed by atoms with Crippen molar-refractivity contribution in [1.29, 1.82) is 0 Å². The molecule has 1 atom stereocenters. The maximum Gasteiger partial charge on any atom is 0.247 e. The third-order valence-electron chi connectivity index (χ3n) is 2.26. The van der Waals surface area contributed by atoms with Crippen LogP contribution in [0.4, 0.5) is 5.69 Å². The van der Waals surface area contributed by atoms with E-state index in [2.05, 4.69) is 26.6 Å². The summed E-state index contributed by atoms with van der Waals surface area (Å²) < 4.78 is 0.900. The lowest BCUT2D eigenvalue weighted by molar-refractivity contribution is -0.124. The molecule has 1 aromatic rings. The number of halogens is 1. The minimum atomic E-state index is -0.444. The van der Waals surface area contributed by atoms with E-state index in [9.17, 15) is 9.59 Å². The highest BCUT2D eigenvalue weighted by Crippen LogP contribution is 2.16. The van der Waals surface area contributed by atoms with Crippen LogP contribution in [0.5, 0.6) is 0 Å². The Bertz CT molecular complexity index is 453. The SMILES string of the molecule is O=C1CSCC(C(=O)Nc2cccc(Br)c2)N1. The predicted molar refractivity (Wildman–Crippen MR) is 72.0 cm³/mol. The van der Waals surface area contributed by atoms with E-state index < -0.39 is 6.04 Å². The van der Waals surface area contributed by atoms with Crippen molar-refractivity contribution in [2.24, 2.45) is 0 Å². The molecule has 2 N–H and O–H groups in total. The van der Waals surface area contributed by atoms with Crippen LogP contribution in [0.1, 0.15) is 0 Å². The highest BCUT2D eigenvalue weighted by molar-refractivity contribution is 9.10. The van der Waals surface area contributed by atoms with E-state index in [0.717, 1.165) is 4.47 Å². The smallest absolute Gasteiger partial charge is 0.247 e. The molecule has 0 saturated carbocycles. The van der Waals surface area contributed by atoms with Gasteiger partial charge in [-0.15, -0.1) is 11.8 Å². The Kier molecular flexibility index (Phi) is 4.06. The van der Waals surface area contributed by atoms with Gasteiger partial charge in [0.25, 0.3) is 0 Å². The second-order valence-electron chi connectivity index (χ2n) is 3.63. The van der Waals surface area contributed by atoms with Gasteiger partial charge in [-0.25, -0.2) is 0 Å². The molecule has 0 aliphatic carbocycles. The summed E-state index contributed by atoms with van der Waals surface area (Å²) in [5.41, 5.74) is 0.717. The largest absolute Gasteiger partial charge is 0.343 e. The van der Waals surface area contributed by atoms with Gasteiger partial charge in [-0.1, -0.05) is 22.0 Å². The number of nitrogens with one attached hydrogen (secondary N) is 2. The van der Waals surface area contributed by atoms with E-state index in [1.54, 1.807) is 6.07 Å². The first-order chi connectivity index (χ1) is 8.15. The summed E-state index contributed by atoms with van der Waals surface area (Å²) in [7, 11) is 0. The molecule has 0 spiro atoms. The van der Waals surface area contributed by atoms with Crippen molar-refractivity contribution < 1.29 is 9.59 Å². The number of carbonyl (C=O) groups excluding carboxylic acids is 2. The van der Waals surface area contributed by atoms with Crippen LogP contribution in [0, 0.1) is 0 Å². The van der Waals surface area contributed by atoms with Crippen LogP contribution in [0.3, 0.4) is 0 Å². The van der Waals surface area contributed by atoms with Gasteiger partial charge in [-0.3, -0.25) is 9.59 Å². The molecule has 17 heavy (non-hydrogen) atoms. The monoisotopic (exact) mass is 314 g/mol. The van der Waals surface area contributed by atoms with Crippen LogP contribution in [0.25, 0.3) is 0 Å². The topological polar surface area (TPSA) is 58.2 Å². The lowest BCUT2D eigenvalue weighted by Crippen LogP contribution is -2.49. The Morgan fingerprint density at radius 3 is 3.06 bits per heavy atom. The van der Waals surface area contributed by atoms with Gasteiger partial charge in [0.1, 0.15) is 6.04 Å². The summed E-state index contributed by atoms with van der Waals surface area (Å²) >= 11 is 4.80. The van der Waals surface area contributed by atoms with Crippen molar-refractivity contribution in [3.05, 3.63) is 28.7 Å². The molecule has 1 aromatic carbocycles. The Morgan fingerprint density at radius 1 is 1.53 bits per heavy atom. The van der Waals surface area contributed by atoms with Crippen LogP contribution in [0.15, 0.2) is 28.7 Å². The fraction of sp³-hybridized carbons (Fsp3) is 0.273. The highest BCUT2D eigenvalue weighted by Gasteiger charge is 2.24. The molecule has 1 heterocycles. The molecule has 1 saturated heterocycles. The third-order valence-corrected chi connectivity index (χ3v) is 3.79. The second-order valence-corrected chi connectivity index (χ2v) is 5.58. The van der Waals surface area contributed by atoms with E-state index in [1.165, 1.54) is 11.8 Å². The molecular weight excluding hydrogens is 304 g/mol. The zero-order chi connectivity index (χ0) is 12.3. The van der Waals surface area contributed by atoms with Crippen molar-refractivity contribution in [2.45, 2.75) is 6.04 Å². The van der Waals surface area contributed by atoms with Crippen molar-refractivity contribution >= 4 is 45.2 Å². The number of hydrogen-bond donors (Lipinski definition) is 2. The molecule has 1 aliphatic heterocycles. The van der Waals surface area contributed by atoms with E-state index in [-0.39, 0.29) is 11.8 Å². The summed E-state index contributed by atoms with van der Waals surface area (Å²) in [6, 6.07) is 6.90. The number of thioether (sulfide) groups is 1. The first kappa shape index (κ1) is 12.4.